The molecule has 3 rings (SSSR count). The van der Waals surface area contributed by atoms with Crippen LogP contribution in [0.15, 0.2) is 29.4 Å². The normalized spacial score (nSPS) is 21.3. The zero-order valence-corrected chi connectivity index (χ0v) is 10.8. The van der Waals surface area contributed by atoms with E-state index in [1.54, 1.807) is 0 Å². The Hall–Kier alpha value is -1.31. The van der Waals surface area contributed by atoms with Crippen LogP contribution < -0.4 is 0 Å². The fourth-order valence-electron chi connectivity index (χ4n) is 2.69. The number of rotatable bonds is 4. The molecule has 0 spiro atoms. The van der Waals surface area contributed by atoms with Crippen LogP contribution in [0.5, 0.6) is 0 Å². The maximum Gasteiger partial charge on any atom is 0.140 e. The molecule has 2 aliphatic rings. The number of hydrogen-bond acceptors (Lipinski definition) is 2. The molecular weight excluding hydrogens is 222 g/mol. The van der Waals surface area contributed by atoms with Crippen molar-refractivity contribution in [3.05, 3.63) is 35.4 Å². The van der Waals surface area contributed by atoms with Crippen molar-refractivity contribution in [2.24, 2.45) is 5.16 Å². The molecular formula is C16H20NO. The lowest BCUT2D eigenvalue weighted by Gasteiger charge is -2.23. The molecule has 0 N–H and O–H groups in total. The summed E-state index contributed by atoms with van der Waals surface area (Å²) in [6.07, 6.45) is 12.5. The third-order valence-corrected chi connectivity index (χ3v) is 3.90. The fraction of sp³-hybridized carbons (Fsp3) is 0.562. The van der Waals surface area contributed by atoms with Crippen LogP contribution >= 0.6 is 0 Å². The van der Waals surface area contributed by atoms with Crippen LogP contribution in [-0.4, -0.2) is 12.3 Å². The Morgan fingerprint density at radius 1 is 1.00 bits per heavy atom. The van der Waals surface area contributed by atoms with Gasteiger partial charge in [-0.05, 0) is 37.2 Å². The van der Waals surface area contributed by atoms with Gasteiger partial charge in [-0.1, -0.05) is 48.7 Å². The van der Waals surface area contributed by atoms with Crippen LogP contribution in [0.2, 0.25) is 0 Å². The van der Waals surface area contributed by atoms with Crippen molar-refractivity contribution >= 4 is 6.21 Å². The average molecular weight is 242 g/mol. The molecule has 2 nitrogen and oxygen atoms in total. The van der Waals surface area contributed by atoms with Crippen molar-refractivity contribution in [1.82, 2.24) is 0 Å². The van der Waals surface area contributed by atoms with Crippen molar-refractivity contribution < 1.29 is 4.84 Å². The van der Waals surface area contributed by atoms with E-state index in [2.05, 4.69) is 35.6 Å². The molecule has 0 heterocycles. The highest BCUT2D eigenvalue weighted by Crippen LogP contribution is 2.34. The van der Waals surface area contributed by atoms with E-state index in [0.29, 0.717) is 12.0 Å². The van der Waals surface area contributed by atoms with Gasteiger partial charge < -0.3 is 4.84 Å². The highest BCUT2D eigenvalue weighted by molar-refractivity contribution is 5.81. The first-order chi connectivity index (χ1) is 8.93. The number of benzene rings is 1. The van der Waals surface area contributed by atoms with Gasteiger partial charge in [-0.2, -0.15) is 0 Å². The highest BCUT2D eigenvalue weighted by Gasteiger charge is 2.23. The van der Waals surface area contributed by atoms with Crippen molar-refractivity contribution in [2.75, 3.05) is 0 Å². The molecule has 1 radical (unpaired) electrons. The Morgan fingerprint density at radius 3 is 2.56 bits per heavy atom. The molecule has 2 aliphatic carbocycles. The molecule has 2 fully saturated rings. The summed E-state index contributed by atoms with van der Waals surface area (Å²) >= 11 is 0. The quantitative estimate of drug-likeness (QED) is 0.575. The Morgan fingerprint density at radius 2 is 1.78 bits per heavy atom. The van der Waals surface area contributed by atoms with Crippen molar-refractivity contribution in [1.29, 1.82) is 0 Å². The van der Waals surface area contributed by atoms with E-state index >= 15 is 0 Å². The molecule has 0 unspecified atom stereocenters. The van der Waals surface area contributed by atoms with Crippen LogP contribution in [0.4, 0.5) is 0 Å². The Labute approximate surface area is 109 Å². The summed E-state index contributed by atoms with van der Waals surface area (Å²) in [6, 6.07) is 8.51. The molecule has 2 heteroatoms. The summed E-state index contributed by atoms with van der Waals surface area (Å²) in [7, 11) is 0. The second-order valence-electron chi connectivity index (χ2n) is 5.43. The van der Waals surface area contributed by atoms with E-state index in [1.165, 1.54) is 37.7 Å². The molecule has 0 aromatic heterocycles. The summed E-state index contributed by atoms with van der Waals surface area (Å²) in [4.78, 5) is 5.31. The minimum absolute atomic E-state index is 0.361. The summed E-state index contributed by atoms with van der Waals surface area (Å²) in [5, 5.41) is 4.01. The van der Waals surface area contributed by atoms with Crippen LogP contribution in [0, 0.1) is 0 Å². The monoisotopic (exact) mass is 242 g/mol. The molecule has 0 aliphatic heterocycles. The third kappa shape index (κ3) is 2.92. The largest absolute Gasteiger partial charge is 0.392 e. The summed E-state index contributed by atoms with van der Waals surface area (Å²) in [5.41, 5.74) is 2.52. The maximum absolute atomic E-state index is 5.31. The lowest BCUT2D eigenvalue weighted by Crippen LogP contribution is -2.07. The third-order valence-electron chi connectivity index (χ3n) is 3.90. The van der Waals surface area contributed by atoms with Gasteiger partial charge >= 0.3 is 0 Å². The zero-order valence-electron chi connectivity index (χ0n) is 10.8. The van der Waals surface area contributed by atoms with Crippen molar-refractivity contribution in [3.8, 4) is 0 Å². The molecule has 0 bridgehead atoms. The summed E-state index contributed by atoms with van der Waals surface area (Å²) in [6.45, 7) is 0. The van der Waals surface area contributed by atoms with E-state index in [1.807, 2.05) is 0 Å². The Kier molecular flexibility index (Phi) is 3.63. The molecule has 0 atom stereocenters. The van der Waals surface area contributed by atoms with Gasteiger partial charge in [0.1, 0.15) is 12.3 Å². The molecule has 95 valence electrons. The van der Waals surface area contributed by atoms with Crippen molar-refractivity contribution in [3.63, 3.8) is 0 Å². The van der Waals surface area contributed by atoms with E-state index in [-0.39, 0.29) is 0 Å². The van der Waals surface area contributed by atoms with E-state index in [4.69, 9.17) is 4.84 Å². The Bertz CT molecular complexity index is 417. The predicted molar refractivity (Wildman–Crippen MR) is 72.9 cm³/mol. The smallest absolute Gasteiger partial charge is 0.140 e. The lowest BCUT2D eigenvalue weighted by atomic mass is 9.82. The van der Waals surface area contributed by atoms with Crippen LogP contribution in [0.25, 0.3) is 0 Å². The maximum atomic E-state index is 5.31. The molecule has 0 amide bonds. The van der Waals surface area contributed by atoms with Crippen LogP contribution in [-0.2, 0) is 4.84 Å². The van der Waals surface area contributed by atoms with Crippen molar-refractivity contribution in [2.45, 2.75) is 57.0 Å². The lowest BCUT2D eigenvalue weighted by molar-refractivity contribution is 0.131. The highest BCUT2D eigenvalue weighted by atomic mass is 16.6. The first-order valence-corrected chi connectivity index (χ1v) is 7.14. The van der Waals surface area contributed by atoms with E-state index in [9.17, 15) is 0 Å². The molecule has 1 aromatic rings. The van der Waals surface area contributed by atoms with E-state index in [0.717, 1.165) is 18.4 Å². The van der Waals surface area contributed by atoms with Gasteiger partial charge in [-0.25, -0.2) is 0 Å². The van der Waals surface area contributed by atoms with Crippen LogP contribution in [0.1, 0.15) is 62.0 Å². The standard InChI is InChI=1S/C16H20NO/c1-2-6-13(7-3-1)16-9-5-4-8-14(16)12-17-18-15-10-11-15/h4-5,8-9,13,15H,1-3,6-7,10-11H2. The molecule has 1 aromatic carbocycles. The number of nitrogens with zero attached hydrogens (tertiary/aromatic N) is 1. The Balaban J connectivity index is 1.72. The van der Waals surface area contributed by atoms with Gasteiger partial charge in [0, 0.05) is 5.56 Å². The molecule has 18 heavy (non-hydrogen) atoms. The summed E-state index contributed by atoms with van der Waals surface area (Å²) in [5.74, 6) is 0.693. The minimum atomic E-state index is 0.361. The van der Waals surface area contributed by atoms with Gasteiger partial charge in [-0.3, -0.25) is 0 Å². The van der Waals surface area contributed by atoms with Gasteiger partial charge in [0.25, 0.3) is 0 Å². The fourth-order valence-corrected chi connectivity index (χ4v) is 2.69. The summed E-state index contributed by atoms with van der Waals surface area (Å²) < 4.78 is 0. The molecule has 0 saturated heterocycles. The zero-order chi connectivity index (χ0) is 12.2. The van der Waals surface area contributed by atoms with Gasteiger partial charge in [0.15, 0.2) is 0 Å². The molecule has 2 saturated carbocycles. The predicted octanol–water partition coefficient (Wildman–Crippen LogP) is 4.12. The van der Waals surface area contributed by atoms with E-state index < -0.39 is 0 Å². The average Bonchev–Trinajstić information content (AvgIpc) is 3.25. The first-order valence-electron chi connectivity index (χ1n) is 7.14. The van der Waals surface area contributed by atoms with Gasteiger partial charge in [0.05, 0.1) is 0 Å². The second kappa shape index (κ2) is 5.55. The van der Waals surface area contributed by atoms with Gasteiger partial charge in [0.2, 0.25) is 0 Å². The SMILES string of the molecule is [C](=N\OC1CC1)/c1ccccc1C1CCCCC1. The first kappa shape index (κ1) is 11.8. The van der Waals surface area contributed by atoms with Gasteiger partial charge in [-0.15, -0.1) is 0 Å². The minimum Gasteiger partial charge on any atom is -0.392 e. The second-order valence-corrected chi connectivity index (χ2v) is 5.43. The van der Waals surface area contributed by atoms with Crippen LogP contribution in [0.3, 0.4) is 0 Å². The number of hydrogen-bond donors (Lipinski definition) is 0. The topological polar surface area (TPSA) is 21.6 Å².